The van der Waals surface area contributed by atoms with Crippen LogP contribution in [0.15, 0.2) is 53.5 Å². The standard InChI is InChI=1S/C20H25F3N4O.HI/c1-24-19(26-13-16-5-4-6-17(11-16)27(2)3)25-12-15-7-9-18(10-8-15)28-14-20(21,22)23;/h4-11H,12-14H2,1-3H3,(H2,24,25,26);1H. The molecule has 0 radical (unpaired) electrons. The van der Waals surface area contributed by atoms with E-state index >= 15 is 0 Å². The maximum absolute atomic E-state index is 12.2. The van der Waals surface area contributed by atoms with Crippen molar-refractivity contribution in [3.8, 4) is 5.75 Å². The Morgan fingerprint density at radius 2 is 1.62 bits per heavy atom. The molecule has 0 aromatic heterocycles. The van der Waals surface area contributed by atoms with Gasteiger partial charge in [-0.2, -0.15) is 13.2 Å². The van der Waals surface area contributed by atoms with Gasteiger partial charge in [-0.15, -0.1) is 24.0 Å². The number of alkyl halides is 3. The van der Waals surface area contributed by atoms with Crippen molar-refractivity contribution in [2.24, 2.45) is 4.99 Å². The largest absolute Gasteiger partial charge is 0.484 e. The summed E-state index contributed by atoms with van der Waals surface area (Å²) in [6.45, 7) is -0.196. The molecule has 9 heteroatoms. The number of nitrogens with one attached hydrogen (secondary N) is 2. The lowest BCUT2D eigenvalue weighted by molar-refractivity contribution is -0.153. The number of rotatable bonds is 7. The second-order valence-electron chi connectivity index (χ2n) is 6.39. The molecule has 0 aliphatic rings. The Morgan fingerprint density at radius 3 is 2.17 bits per heavy atom. The van der Waals surface area contributed by atoms with Crippen LogP contribution in [-0.2, 0) is 13.1 Å². The van der Waals surface area contributed by atoms with Crippen molar-refractivity contribution in [2.45, 2.75) is 19.3 Å². The Labute approximate surface area is 186 Å². The molecule has 5 nitrogen and oxygen atoms in total. The molecule has 0 saturated carbocycles. The zero-order chi connectivity index (χ0) is 20.6. The van der Waals surface area contributed by atoms with E-state index in [-0.39, 0.29) is 29.7 Å². The molecule has 0 spiro atoms. The fourth-order valence-electron chi connectivity index (χ4n) is 2.41. The number of guanidine groups is 1. The van der Waals surface area contributed by atoms with Crippen molar-refractivity contribution in [1.82, 2.24) is 10.6 Å². The molecule has 2 aromatic rings. The minimum absolute atomic E-state index is 0. The van der Waals surface area contributed by atoms with Gasteiger partial charge in [-0.3, -0.25) is 4.99 Å². The lowest BCUT2D eigenvalue weighted by Gasteiger charge is -2.15. The molecular formula is C20H26F3IN4O. The molecule has 160 valence electrons. The van der Waals surface area contributed by atoms with Gasteiger partial charge in [-0.1, -0.05) is 24.3 Å². The summed E-state index contributed by atoms with van der Waals surface area (Å²) in [4.78, 5) is 6.22. The smallest absolute Gasteiger partial charge is 0.422 e. The first kappa shape index (κ1) is 24.9. The van der Waals surface area contributed by atoms with Crippen LogP contribution < -0.4 is 20.3 Å². The van der Waals surface area contributed by atoms with E-state index in [0.717, 1.165) is 16.8 Å². The molecule has 0 saturated heterocycles. The van der Waals surface area contributed by atoms with E-state index in [9.17, 15) is 13.2 Å². The van der Waals surface area contributed by atoms with Crippen LogP contribution >= 0.6 is 24.0 Å². The first-order valence-electron chi connectivity index (χ1n) is 8.76. The molecule has 0 amide bonds. The van der Waals surface area contributed by atoms with Gasteiger partial charge in [0.2, 0.25) is 0 Å². The summed E-state index contributed by atoms with van der Waals surface area (Å²) in [5.74, 6) is 0.817. The van der Waals surface area contributed by atoms with E-state index in [1.54, 1.807) is 19.2 Å². The fraction of sp³-hybridized carbons (Fsp3) is 0.350. The van der Waals surface area contributed by atoms with Crippen molar-refractivity contribution in [3.63, 3.8) is 0 Å². The molecule has 0 atom stereocenters. The predicted octanol–water partition coefficient (Wildman–Crippen LogP) is 4.18. The highest BCUT2D eigenvalue weighted by molar-refractivity contribution is 14.0. The van der Waals surface area contributed by atoms with Crippen LogP contribution in [0.3, 0.4) is 0 Å². The van der Waals surface area contributed by atoms with E-state index in [0.29, 0.717) is 19.0 Å². The summed E-state index contributed by atoms with van der Waals surface area (Å²) in [5.41, 5.74) is 3.15. The first-order chi connectivity index (χ1) is 13.3. The monoisotopic (exact) mass is 522 g/mol. The van der Waals surface area contributed by atoms with Crippen molar-refractivity contribution >= 4 is 35.6 Å². The van der Waals surface area contributed by atoms with Gasteiger partial charge < -0.3 is 20.3 Å². The van der Waals surface area contributed by atoms with Crippen LogP contribution in [-0.4, -0.2) is 39.9 Å². The van der Waals surface area contributed by atoms with Crippen LogP contribution in [0.2, 0.25) is 0 Å². The molecule has 0 aliphatic carbocycles. The number of ether oxygens (including phenoxy) is 1. The fourth-order valence-corrected chi connectivity index (χ4v) is 2.41. The van der Waals surface area contributed by atoms with Crippen LogP contribution in [0.1, 0.15) is 11.1 Å². The van der Waals surface area contributed by atoms with Gasteiger partial charge in [-0.05, 0) is 35.4 Å². The zero-order valence-corrected chi connectivity index (χ0v) is 18.9. The predicted molar refractivity (Wildman–Crippen MR) is 121 cm³/mol. The van der Waals surface area contributed by atoms with Crippen LogP contribution in [0.4, 0.5) is 18.9 Å². The van der Waals surface area contributed by atoms with Gasteiger partial charge >= 0.3 is 6.18 Å². The quantitative estimate of drug-likeness (QED) is 0.326. The summed E-state index contributed by atoms with van der Waals surface area (Å²) >= 11 is 0. The second-order valence-corrected chi connectivity index (χ2v) is 6.39. The summed E-state index contributed by atoms with van der Waals surface area (Å²) in [7, 11) is 5.67. The zero-order valence-electron chi connectivity index (χ0n) is 16.6. The van der Waals surface area contributed by atoms with Crippen molar-refractivity contribution in [1.29, 1.82) is 0 Å². The SMILES string of the molecule is CN=C(NCc1ccc(OCC(F)(F)F)cc1)NCc1cccc(N(C)C)c1.I. The van der Waals surface area contributed by atoms with Crippen LogP contribution in [0.5, 0.6) is 5.75 Å². The molecule has 2 rings (SSSR count). The number of aliphatic imine (C=N–C) groups is 1. The Bertz CT molecular complexity index is 780. The molecule has 0 fully saturated rings. The third kappa shape index (κ3) is 9.25. The van der Waals surface area contributed by atoms with Crippen LogP contribution in [0.25, 0.3) is 0 Å². The summed E-state index contributed by atoms with van der Waals surface area (Å²) in [5, 5.41) is 6.42. The highest BCUT2D eigenvalue weighted by atomic mass is 127. The number of benzene rings is 2. The average Bonchev–Trinajstić information content (AvgIpc) is 2.67. The van der Waals surface area contributed by atoms with Crippen LogP contribution in [0, 0.1) is 0 Å². The Hall–Kier alpha value is -2.17. The summed E-state index contributed by atoms with van der Waals surface area (Å²) < 4.78 is 41.2. The minimum atomic E-state index is -4.34. The van der Waals surface area contributed by atoms with Gasteiger partial charge in [0.05, 0.1) is 0 Å². The number of nitrogens with zero attached hydrogens (tertiary/aromatic N) is 2. The number of anilines is 1. The second kappa shape index (κ2) is 11.7. The van der Waals surface area contributed by atoms with Gasteiger partial charge in [0, 0.05) is 39.9 Å². The van der Waals surface area contributed by atoms with Gasteiger partial charge in [-0.25, -0.2) is 0 Å². The van der Waals surface area contributed by atoms with Gasteiger partial charge in [0.1, 0.15) is 5.75 Å². The van der Waals surface area contributed by atoms with Gasteiger partial charge in [0.25, 0.3) is 0 Å². The van der Waals surface area contributed by atoms with E-state index in [4.69, 9.17) is 4.74 Å². The number of halogens is 4. The average molecular weight is 522 g/mol. The number of hydrogen-bond donors (Lipinski definition) is 2. The van der Waals surface area contributed by atoms with Crippen molar-refractivity contribution in [2.75, 3.05) is 32.6 Å². The Morgan fingerprint density at radius 1 is 1.00 bits per heavy atom. The maximum Gasteiger partial charge on any atom is 0.422 e. The van der Waals surface area contributed by atoms with E-state index < -0.39 is 12.8 Å². The normalized spacial score (nSPS) is 11.4. The van der Waals surface area contributed by atoms with E-state index in [1.807, 2.05) is 37.2 Å². The third-order valence-corrected chi connectivity index (χ3v) is 3.90. The maximum atomic E-state index is 12.2. The third-order valence-electron chi connectivity index (χ3n) is 3.90. The lowest BCUT2D eigenvalue weighted by Crippen LogP contribution is -2.36. The molecule has 0 bridgehead atoms. The molecule has 2 aromatic carbocycles. The van der Waals surface area contributed by atoms with Crippen molar-refractivity contribution < 1.29 is 17.9 Å². The summed E-state index contributed by atoms with van der Waals surface area (Å²) in [6.07, 6.45) is -4.34. The molecule has 0 aliphatic heterocycles. The molecule has 0 unspecified atom stereocenters. The highest BCUT2D eigenvalue weighted by Crippen LogP contribution is 2.19. The molecule has 2 N–H and O–H groups in total. The molecule has 29 heavy (non-hydrogen) atoms. The van der Waals surface area contributed by atoms with Crippen molar-refractivity contribution in [3.05, 3.63) is 59.7 Å². The lowest BCUT2D eigenvalue weighted by atomic mass is 10.2. The molecule has 0 heterocycles. The highest BCUT2D eigenvalue weighted by Gasteiger charge is 2.28. The van der Waals surface area contributed by atoms with E-state index in [2.05, 4.69) is 21.7 Å². The molecular weight excluding hydrogens is 496 g/mol. The van der Waals surface area contributed by atoms with Gasteiger partial charge in [0.15, 0.2) is 12.6 Å². The number of hydrogen-bond acceptors (Lipinski definition) is 3. The van der Waals surface area contributed by atoms with E-state index in [1.165, 1.54) is 12.1 Å². The first-order valence-corrected chi connectivity index (χ1v) is 8.76. The summed E-state index contributed by atoms with van der Waals surface area (Å²) in [6, 6.07) is 14.6. The topological polar surface area (TPSA) is 48.9 Å². The Balaban J connectivity index is 0.00000420. The minimum Gasteiger partial charge on any atom is -0.484 e. The Kier molecular flexibility index (Phi) is 10.1.